The maximum absolute atomic E-state index is 5.34. The van der Waals surface area contributed by atoms with Gasteiger partial charge in [-0.1, -0.05) is 6.92 Å². The summed E-state index contributed by atoms with van der Waals surface area (Å²) in [5.41, 5.74) is 0.945. The van der Waals surface area contributed by atoms with Crippen molar-refractivity contribution < 1.29 is 4.42 Å². The van der Waals surface area contributed by atoms with E-state index in [4.69, 9.17) is 4.42 Å². The lowest BCUT2D eigenvalue weighted by Gasteiger charge is -2.15. The second kappa shape index (κ2) is 5.42. The van der Waals surface area contributed by atoms with Gasteiger partial charge in [0, 0.05) is 25.0 Å². The summed E-state index contributed by atoms with van der Waals surface area (Å²) in [6.45, 7) is 2.97. The molecule has 84 valence electrons. The quantitative estimate of drug-likeness (QED) is 0.831. The van der Waals surface area contributed by atoms with Crippen LogP contribution in [-0.4, -0.2) is 16.5 Å². The molecule has 2 heterocycles. The highest BCUT2D eigenvalue weighted by Gasteiger charge is 2.13. The van der Waals surface area contributed by atoms with Crippen LogP contribution in [0.2, 0.25) is 0 Å². The Hall–Kier alpha value is -1.68. The van der Waals surface area contributed by atoms with Crippen LogP contribution < -0.4 is 5.32 Å². The summed E-state index contributed by atoms with van der Waals surface area (Å²) in [5.74, 6) is 0.955. The van der Waals surface area contributed by atoms with Crippen molar-refractivity contribution in [2.75, 3.05) is 6.54 Å². The van der Waals surface area contributed by atoms with Crippen LogP contribution in [0.5, 0.6) is 0 Å². The molecular formula is C12H15N3O. The van der Waals surface area contributed by atoms with E-state index in [1.165, 1.54) is 0 Å². The van der Waals surface area contributed by atoms with Crippen molar-refractivity contribution in [3.63, 3.8) is 0 Å². The number of aromatic nitrogens is 2. The Bertz CT molecular complexity index is 399. The van der Waals surface area contributed by atoms with Gasteiger partial charge in [0.2, 0.25) is 0 Å². The summed E-state index contributed by atoms with van der Waals surface area (Å²) in [5, 5.41) is 3.37. The smallest absolute Gasteiger partial charge is 0.105 e. The van der Waals surface area contributed by atoms with E-state index in [0.29, 0.717) is 0 Å². The number of hydrogen-bond donors (Lipinski definition) is 1. The molecule has 0 aliphatic rings. The molecule has 2 rings (SSSR count). The Morgan fingerprint density at radius 2 is 2.38 bits per heavy atom. The number of furan rings is 1. The van der Waals surface area contributed by atoms with Gasteiger partial charge in [-0.2, -0.15) is 0 Å². The van der Waals surface area contributed by atoms with Gasteiger partial charge < -0.3 is 9.73 Å². The van der Waals surface area contributed by atoms with E-state index in [9.17, 15) is 0 Å². The number of likely N-dealkylation sites (N-methyl/N-ethyl adjacent to an activating group) is 1. The molecule has 1 unspecified atom stereocenters. The number of hydrogen-bond acceptors (Lipinski definition) is 4. The molecule has 0 radical (unpaired) electrons. The van der Waals surface area contributed by atoms with Gasteiger partial charge in [-0.05, 0) is 18.7 Å². The van der Waals surface area contributed by atoms with Gasteiger partial charge in [-0.15, -0.1) is 0 Å². The first kappa shape index (κ1) is 10.8. The molecule has 4 nitrogen and oxygen atoms in total. The molecule has 0 saturated heterocycles. The Labute approximate surface area is 94.7 Å². The van der Waals surface area contributed by atoms with Crippen LogP contribution in [0.4, 0.5) is 0 Å². The minimum absolute atomic E-state index is 0.157. The number of nitrogens with one attached hydrogen (secondary N) is 1. The van der Waals surface area contributed by atoms with Gasteiger partial charge in [-0.25, -0.2) is 0 Å². The maximum atomic E-state index is 5.34. The van der Waals surface area contributed by atoms with E-state index in [2.05, 4.69) is 22.2 Å². The largest absolute Gasteiger partial charge is 0.469 e. The lowest BCUT2D eigenvalue weighted by atomic mass is 10.1. The zero-order valence-electron chi connectivity index (χ0n) is 9.26. The normalized spacial score (nSPS) is 12.6. The molecule has 16 heavy (non-hydrogen) atoms. The van der Waals surface area contributed by atoms with E-state index in [1.807, 2.05) is 12.1 Å². The third-order valence-corrected chi connectivity index (χ3v) is 2.38. The molecule has 0 fully saturated rings. The van der Waals surface area contributed by atoms with Gasteiger partial charge in [0.1, 0.15) is 5.76 Å². The third kappa shape index (κ3) is 2.67. The summed E-state index contributed by atoms with van der Waals surface area (Å²) in [6, 6.07) is 4.03. The van der Waals surface area contributed by atoms with Crippen LogP contribution in [0.3, 0.4) is 0 Å². The summed E-state index contributed by atoms with van der Waals surface area (Å²) in [4.78, 5) is 8.40. The van der Waals surface area contributed by atoms with Crippen molar-refractivity contribution in [2.24, 2.45) is 0 Å². The lowest BCUT2D eigenvalue weighted by Crippen LogP contribution is -2.23. The van der Waals surface area contributed by atoms with Gasteiger partial charge in [0.25, 0.3) is 0 Å². The molecule has 0 spiro atoms. The Morgan fingerprint density at radius 3 is 3.00 bits per heavy atom. The van der Waals surface area contributed by atoms with Gasteiger partial charge in [0.15, 0.2) is 0 Å². The van der Waals surface area contributed by atoms with Crippen molar-refractivity contribution in [1.82, 2.24) is 15.3 Å². The van der Waals surface area contributed by atoms with E-state index >= 15 is 0 Å². The van der Waals surface area contributed by atoms with Crippen LogP contribution in [0, 0.1) is 0 Å². The molecule has 0 saturated carbocycles. The van der Waals surface area contributed by atoms with E-state index < -0.39 is 0 Å². The van der Waals surface area contributed by atoms with Gasteiger partial charge in [0.05, 0.1) is 18.0 Å². The molecule has 4 heteroatoms. The van der Waals surface area contributed by atoms with E-state index in [1.54, 1.807) is 24.9 Å². The average molecular weight is 217 g/mol. The molecule has 1 atom stereocenters. The van der Waals surface area contributed by atoms with Gasteiger partial charge >= 0.3 is 0 Å². The highest BCUT2D eigenvalue weighted by molar-refractivity contribution is 5.08. The van der Waals surface area contributed by atoms with Crippen LogP contribution in [0.1, 0.15) is 24.4 Å². The molecule has 0 bridgehead atoms. The summed E-state index contributed by atoms with van der Waals surface area (Å²) in [7, 11) is 0. The lowest BCUT2D eigenvalue weighted by molar-refractivity contribution is 0.449. The molecule has 2 aromatic rings. The summed E-state index contributed by atoms with van der Waals surface area (Å²) < 4.78 is 5.34. The van der Waals surface area contributed by atoms with Crippen LogP contribution in [-0.2, 0) is 6.42 Å². The summed E-state index contributed by atoms with van der Waals surface area (Å²) >= 11 is 0. The second-order valence-corrected chi connectivity index (χ2v) is 3.52. The van der Waals surface area contributed by atoms with Crippen molar-refractivity contribution in [3.8, 4) is 0 Å². The maximum Gasteiger partial charge on any atom is 0.105 e. The Morgan fingerprint density at radius 1 is 1.44 bits per heavy atom. The van der Waals surface area contributed by atoms with Crippen molar-refractivity contribution >= 4 is 0 Å². The minimum Gasteiger partial charge on any atom is -0.469 e. The molecule has 0 aliphatic heterocycles. The van der Waals surface area contributed by atoms with Crippen molar-refractivity contribution in [3.05, 3.63) is 48.4 Å². The van der Waals surface area contributed by atoms with Crippen molar-refractivity contribution in [1.29, 1.82) is 0 Å². The van der Waals surface area contributed by atoms with Crippen LogP contribution >= 0.6 is 0 Å². The van der Waals surface area contributed by atoms with Crippen LogP contribution in [0.15, 0.2) is 41.4 Å². The Kier molecular flexibility index (Phi) is 3.66. The zero-order valence-corrected chi connectivity index (χ0v) is 9.26. The molecule has 2 aromatic heterocycles. The van der Waals surface area contributed by atoms with Gasteiger partial charge in [-0.3, -0.25) is 9.97 Å². The highest BCUT2D eigenvalue weighted by atomic mass is 16.3. The average Bonchev–Trinajstić information content (AvgIpc) is 2.83. The van der Waals surface area contributed by atoms with Crippen LogP contribution in [0.25, 0.3) is 0 Å². The first-order valence-electron chi connectivity index (χ1n) is 5.42. The summed E-state index contributed by atoms with van der Waals surface area (Å²) in [6.07, 6.45) is 7.66. The third-order valence-electron chi connectivity index (χ3n) is 2.38. The van der Waals surface area contributed by atoms with E-state index in [-0.39, 0.29) is 6.04 Å². The SMILES string of the molecule is CCNC(Cc1ccco1)c1cnccn1. The predicted molar refractivity (Wildman–Crippen MR) is 60.9 cm³/mol. The minimum atomic E-state index is 0.157. The fraction of sp³-hybridized carbons (Fsp3) is 0.333. The second-order valence-electron chi connectivity index (χ2n) is 3.52. The van der Waals surface area contributed by atoms with E-state index in [0.717, 1.165) is 24.4 Å². The topological polar surface area (TPSA) is 51.0 Å². The molecule has 0 aromatic carbocycles. The Balaban J connectivity index is 2.11. The number of rotatable bonds is 5. The monoisotopic (exact) mass is 217 g/mol. The predicted octanol–water partition coefficient (Wildman–Crippen LogP) is 1.96. The first-order valence-corrected chi connectivity index (χ1v) is 5.42. The standard InChI is InChI=1S/C12H15N3O/c1-2-14-11(8-10-4-3-7-16-10)12-9-13-5-6-15-12/h3-7,9,11,14H,2,8H2,1H3. The number of nitrogens with zero attached hydrogens (tertiary/aromatic N) is 2. The molecular weight excluding hydrogens is 202 g/mol. The zero-order chi connectivity index (χ0) is 11.2. The molecule has 0 aliphatic carbocycles. The first-order chi connectivity index (χ1) is 7.90. The fourth-order valence-corrected chi connectivity index (χ4v) is 1.65. The molecule has 0 amide bonds. The highest BCUT2D eigenvalue weighted by Crippen LogP contribution is 2.15. The van der Waals surface area contributed by atoms with Crippen molar-refractivity contribution in [2.45, 2.75) is 19.4 Å². The fourth-order valence-electron chi connectivity index (χ4n) is 1.65. The molecule has 1 N–H and O–H groups in total.